The number of aliphatic carboxylic acids is 2. The van der Waals surface area contributed by atoms with Crippen molar-refractivity contribution in [2.24, 2.45) is 11.5 Å². The topological polar surface area (TPSA) is 251 Å². The van der Waals surface area contributed by atoms with Crippen molar-refractivity contribution in [2.45, 2.75) is 56.5 Å². The van der Waals surface area contributed by atoms with Crippen LogP contribution in [0.2, 0.25) is 0 Å². The molecule has 0 heterocycles. The summed E-state index contributed by atoms with van der Waals surface area (Å²) in [4.78, 5) is 71.5. The van der Waals surface area contributed by atoms with E-state index in [-0.39, 0.29) is 6.42 Å². The van der Waals surface area contributed by atoms with E-state index < -0.39 is 78.7 Å². The smallest absolute Gasteiger partial charge is 0.326 e. The van der Waals surface area contributed by atoms with E-state index in [0.29, 0.717) is 5.56 Å². The number of rotatable bonds is 14. The van der Waals surface area contributed by atoms with Crippen molar-refractivity contribution in [2.75, 3.05) is 0 Å². The maximum Gasteiger partial charge on any atom is 0.326 e. The number of carbonyl (C=O) groups is 6. The molecule has 0 aliphatic carbocycles. The molecule has 0 saturated heterocycles. The molecule has 1 aromatic rings. The van der Waals surface area contributed by atoms with E-state index in [9.17, 15) is 33.9 Å². The summed E-state index contributed by atoms with van der Waals surface area (Å²) >= 11 is 0. The minimum Gasteiger partial charge on any atom is -0.481 e. The Morgan fingerprint density at radius 3 is 1.83 bits per heavy atom. The first-order valence-corrected chi connectivity index (χ1v) is 10.4. The van der Waals surface area contributed by atoms with Crippen LogP contribution in [0.3, 0.4) is 0 Å². The Morgan fingerprint density at radius 1 is 0.829 bits per heavy atom. The normalized spacial score (nSPS) is 14.9. The first-order valence-electron chi connectivity index (χ1n) is 10.4. The zero-order chi connectivity index (χ0) is 26.7. The zero-order valence-corrected chi connectivity index (χ0v) is 18.8. The molecule has 5 unspecified atom stereocenters. The van der Waals surface area contributed by atoms with Crippen LogP contribution in [0.1, 0.15) is 25.3 Å². The highest BCUT2D eigenvalue weighted by atomic mass is 16.4. The van der Waals surface area contributed by atoms with Gasteiger partial charge in [-0.3, -0.25) is 24.0 Å². The Bertz CT molecular complexity index is 938. The minimum absolute atomic E-state index is 0.0776. The van der Waals surface area contributed by atoms with Gasteiger partial charge < -0.3 is 42.7 Å². The van der Waals surface area contributed by atoms with E-state index in [2.05, 4.69) is 10.6 Å². The van der Waals surface area contributed by atoms with E-state index in [1.165, 1.54) is 6.92 Å². The minimum atomic E-state index is -1.75. The lowest BCUT2D eigenvalue weighted by atomic mass is 10.0. The molecule has 5 atom stereocenters. The molecular weight excluding hydrogens is 466 g/mol. The fourth-order valence-corrected chi connectivity index (χ4v) is 2.88. The molecule has 0 aliphatic rings. The molecule has 14 nitrogen and oxygen atoms in total. The quantitative estimate of drug-likeness (QED) is 0.128. The van der Waals surface area contributed by atoms with Gasteiger partial charge in [0.05, 0.1) is 18.9 Å². The number of aliphatic hydroxyl groups excluding tert-OH is 1. The number of hydrogen-bond acceptors (Lipinski definition) is 8. The van der Waals surface area contributed by atoms with Crippen LogP contribution in [0.15, 0.2) is 30.3 Å². The third-order valence-electron chi connectivity index (χ3n) is 4.77. The Kier molecular flexibility index (Phi) is 11.3. The average molecular weight is 495 g/mol. The summed E-state index contributed by atoms with van der Waals surface area (Å²) < 4.78 is 0. The van der Waals surface area contributed by atoms with Crippen LogP contribution in [0.4, 0.5) is 0 Å². The number of aliphatic hydroxyl groups is 1. The van der Waals surface area contributed by atoms with Crippen LogP contribution >= 0.6 is 0 Å². The third kappa shape index (κ3) is 10.2. The van der Waals surface area contributed by atoms with Crippen LogP contribution in [-0.2, 0) is 35.2 Å². The van der Waals surface area contributed by atoms with Gasteiger partial charge >= 0.3 is 11.9 Å². The molecule has 0 spiro atoms. The molecule has 10 N–H and O–H groups in total. The van der Waals surface area contributed by atoms with E-state index in [1.54, 1.807) is 30.3 Å². The molecule has 4 amide bonds. The molecule has 1 aromatic carbocycles. The van der Waals surface area contributed by atoms with Gasteiger partial charge in [0.2, 0.25) is 23.6 Å². The summed E-state index contributed by atoms with van der Waals surface area (Å²) in [6.45, 7) is 1.27. The molecule has 0 fully saturated rings. The largest absolute Gasteiger partial charge is 0.481 e. The standard InChI is InChI=1S/C21H29N5O9/c1-10(27)17(23)20(33)25-12(7-11-5-3-2-4-6-11)18(31)24-13(9-16(29)30)19(32)26-14(21(34)35)8-15(22)28/h2-6,10,12-14,17,27H,7-9,23H2,1H3,(H2,22,28)(H,24,31)(H,25,33)(H,26,32)(H,29,30)(H,34,35). The number of carboxylic acids is 2. The second-order valence-corrected chi connectivity index (χ2v) is 7.75. The number of nitrogens with two attached hydrogens (primary N) is 2. The van der Waals surface area contributed by atoms with Gasteiger partial charge in [0, 0.05) is 6.42 Å². The highest BCUT2D eigenvalue weighted by Crippen LogP contribution is 2.06. The van der Waals surface area contributed by atoms with Gasteiger partial charge in [0.15, 0.2) is 0 Å². The van der Waals surface area contributed by atoms with Crippen LogP contribution in [-0.4, -0.2) is 81.2 Å². The highest BCUT2D eigenvalue weighted by Gasteiger charge is 2.32. The zero-order valence-electron chi connectivity index (χ0n) is 18.8. The van der Waals surface area contributed by atoms with Crippen molar-refractivity contribution < 1.29 is 44.1 Å². The lowest BCUT2D eigenvalue weighted by molar-refractivity contribution is -0.144. The van der Waals surface area contributed by atoms with Crippen LogP contribution in [0.25, 0.3) is 0 Å². The van der Waals surface area contributed by atoms with Gasteiger partial charge in [-0.2, -0.15) is 0 Å². The monoisotopic (exact) mass is 495 g/mol. The summed E-state index contributed by atoms with van der Waals surface area (Å²) in [7, 11) is 0. The van der Waals surface area contributed by atoms with Crippen LogP contribution < -0.4 is 27.4 Å². The maximum absolute atomic E-state index is 13.0. The van der Waals surface area contributed by atoms with E-state index in [0.717, 1.165) is 0 Å². The first-order chi connectivity index (χ1) is 16.3. The van der Waals surface area contributed by atoms with Crippen molar-refractivity contribution in [1.29, 1.82) is 0 Å². The number of carbonyl (C=O) groups excluding carboxylic acids is 4. The number of amides is 4. The van der Waals surface area contributed by atoms with Gasteiger partial charge in [-0.25, -0.2) is 4.79 Å². The molecule has 1 rings (SSSR count). The average Bonchev–Trinajstić information content (AvgIpc) is 2.76. The summed E-state index contributed by atoms with van der Waals surface area (Å²) in [5.41, 5.74) is 11.2. The number of nitrogens with one attached hydrogen (secondary N) is 3. The lowest BCUT2D eigenvalue weighted by Gasteiger charge is -2.25. The van der Waals surface area contributed by atoms with Crippen molar-refractivity contribution in [3.8, 4) is 0 Å². The predicted molar refractivity (Wildman–Crippen MR) is 119 cm³/mol. The summed E-state index contributed by atoms with van der Waals surface area (Å²) in [5.74, 6) is -7.16. The number of primary amides is 1. The summed E-state index contributed by atoms with van der Waals surface area (Å²) in [6, 6.07) is 2.18. The van der Waals surface area contributed by atoms with Crippen LogP contribution in [0, 0.1) is 0 Å². The van der Waals surface area contributed by atoms with Crippen molar-refractivity contribution in [3.05, 3.63) is 35.9 Å². The maximum atomic E-state index is 13.0. The predicted octanol–water partition coefficient (Wildman–Crippen LogP) is -3.17. The number of hydrogen-bond donors (Lipinski definition) is 8. The lowest BCUT2D eigenvalue weighted by Crippen LogP contribution is -2.59. The van der Waals surface area contributed by atoms with Gasteiger partial charge in [-0.05, 0) is 12.5 Å². The Labute approximate surface area is 200 Å². The van der Waals surface area contributed by atoms with Gasteiger partial charge in [0.1, 0.15) is 24.2 Å². The molecule has 0 saturated carbocycles. The number of carboxylic acid groups (broad SMARTS) is 2. The first kappa shape index (κ1) is 29.0. The second kappa shape index (κ2) is 13.6. The third-order valence-corrected chi connectivity index (χ3v) is 4.77. The van der Waals surface area contributed by atoms with Gasteiger partial charge in [-0.1, -0.05) is 30.3 Å². The molecule has 192 valence electrons. The van der Waals surface area contributed by atoms with E-state index in [1.807, 2.05) is 5.32 Å². The van der Waals surface area contributed by atoms with Gasteiger partial charge in [-0.15, -0.1) is 0 Å². The van der Waals surface area contributed by atoms with Crippen molar-refractivity contribution in [1.82, 2.24) is 16.0 Å². The van der Waals surface area contributed by atoms with Gasteiger partial charge in [0.25, 0.3) is 0 Å². The highest BCUT2D eigenvalue weighted by molar-refractivity contribution is 5.96. The SMILES string of the molecule is CC(O)C(N)C(=O)NC(Cc1ccccc1)C(=O)NC(CC(=O)O)C(=O)NC(CC(N)=O)C(=O)O. The second-order valence-electron chi connectivity index (χ2n) is 7.75. The molecule has 0 radical (unpaired) electrons. The Morgan fingerprint density at radius 2 is 1.34 bits per heavy atom. The van der Waals surface area contributed by atoms with Crippen molar-refractivity contribution in [3.63, 3.8) is 0 Å². The van der Waals surface area contributed by atoms with E-state index in [4.69, 9.17) is 21.7 Å². The summed E-state index contributed by atoms with van der Waals surface area (Å²) in [5, 5.41) is 34.4. The van der Waals surface area contributed by atoms with Crippen LogP contribution in [0.5, 0.6) is 0 Å². The molecule has 0 aliphatic heterocycles. The Hall–Kier alpha value is -4.04. The molecule has 0 bridgehead atoms. The summed E-state index contributed by atoms with van der Waals surface area (Å²) in [6.07, 6.45) is -3.01. The van der Waals surface area contributed by atoms with E-state index >= 15 is 0 Å². The number of benzene rings is 1. The molecule has 14 heteroatoms. The fraction of sp³-hybridized carbons (Fsp3) is 0.429. The molecule has 35 heavy (non-hydrogen) atoms. The molecule has 0 aromatic heterocycles. The molecular formula is C21H29N5O9. The fourth-order valence-electron chi connectivity index (χ4n) is 2.88. The Balaban J connectivity index is 3.12. The van der Waals surface area contributed by atoms with Crippen molar-refractivity contribution >= 4 is 35.6 Å².